The number of ether oxygens (including phenoxy) is 2. The summed E-state index contributed by atoms with van der Waals surface area (Å²) in [5.41, 5.74) is 4.73. The smallest absolute Gasteiger partial charge is 0.273 e. The number of carbonyl (C=O) groups excluding carboxylic acids is 1. The van der Waals surface area contributed by atoms with E-state index in [9.17, 15) is 4.79 Å². The van der Waals surface area contributed by atoms with Gasteiger partial charge in [-0.15, -0.1) is 0 Å². The Morgan fingerprint density at radius 3 is 2.62 bits per heavy atom. The van der Waals surface area contributed by atoms with E-state index in [1.54, 1.807) is 12.3 Å². The van der Waals surface area contributed by atoms with Crippen LogP contribution in [-0.2, 0) is 0 Å². The molecule has 0 aliphatic carbocycles. The number of fused-ring (bicyclic) bond motifs is 1. The summed E-state index contributed by atoms with van der Waals surface area (Å²) in [7, 11) is 0. The molecule has 0 radical (unpaired) electrons. The molecule has 2 aromatic carbocycles. The van der Waals surface area contributed by atoms with Gasteiger partial charge < -0.3 is 14.0 Å². The van der Waals surface area contributed by atoms with Crippen LogP contribution in [0.25, 0.3) is 5.69 Å². The van der Waals surface area contributed by atoms with E-state index in [1.165, 1.54) is 0 Å². The maximum absolute atomic E-state index is 12.5. The minimum atomic E-state index is -0.275. The monoisotopic (exact) mass is 347 g/mol. The lowest BCUT2D eigenvalue weighted by Crippen LogP contribution is -2.19. The van der Waals surface area contributed by atoms with E-state index >= 15 is 0 Å². The fourth-order valence-corrected chi connectivity index (χ4v) is 2.75. The molecule has 1 aromatic heterocycles. The second-order valence-electron chi connectivity index (χ2n) is 5.71. The third kappa shape index (κ3) is 3.30. The zero-order valence-electron chi connectivity index (χ0n) is 14.0. The number of benzene rings is 2. The van der Waals surface area contributed by atoms with Gasteiger partial charge in [-0.3, -0.25) is 4.79 Å². The van der Waals surface area contributed by atoms with Crippen LogP contribution >= 0.6 is 0 Å². The fraction of sp³-hybridized carbons (Fsp3) is 0.100. The lowest BCUT2D eigenvalue weighted by Gasteiger charge is -2.18. The Hall–Kier alpha value is -3.54. The molecule has 1 aliphatic heterocycles. The van der Waals surface area contributed by atoms with E-state index < -0.39 is 0 Å². The molecule has 0 bridgehead atoms. The Bertz CT molecular complexity index is 949. The van der Waals surface area contributed by atoms with Crippen molar-refractivity contribution in [2.24, 2.45) is 5.10 Å². The van der Waals surface area contributed by atoms with Gasteiger partial charge >= 0.3 is 0 Å². The van der Waals surface area contributed by atoms with Crippen molar-refractivity contribution in [2.45, 2.75) is 0 Å². The van der Waals surface area contributed by atoms with Crippen molar-refractivity contribution in [2.75, 3.05) is 13.2 Å². The van der Waals surface area contributed by atoms with Crippen LogP contribution in [0.3, 0.4) is 0 Å². The number of hydrogen-bond donors (Lipinski definition) is 1. The molecule has 6 heteroatoms. The molecule has 1 N–H and O–H groups in total. The number of nitrogens with zero attached hydrogens (tertiary/aromatic N) is 2. The molecule has 0 unspecified atom stereocenters. The lowest BCUT2D eigenvalue weighted by molar-refractivity contribution is 0.0955. The van der Waals surface area contributed by atoms with E-state index in [2.05, 4.69) is 10.5 Å². The van der Waals surface area contributed by atoms with Crippen molar-refractivity contribution in [3.05, 3.63) is 78.1 Å². The standard InChI is InChI=1S/C20H17N3O3/c24-20(16-5-1-2-6-17(16)23-9-3-4-10-23)22-21-14-15-7-8-18-19(13-15)26-12-11-25-18/h1-10,13-14H,11-12H2,(H,22,24). The van der Waals surface area contributed by atoms with Gasteiger partial charge in [0.25, 0.3) is 5.91 Å². The normalized spacial score (nSPS) is 12.9. The van der Waals surface area contributed by atoms with Crippen LogP contribution in [0.2, 0.25) is 0 Å². The molecule has 2 heterocycles. The van der Waals surface area contributed by atoms with Gasteiger partial charge in [-0.2, -0.15) is 5.10 Å². The number of rotatable bonds is 4. The van der Waals surface area contributed by atoms with Gasteiger partial charge in [0.1, 0.15) is 13.2 Å². The molecule has 0 atom stereocenters. The average molecular weight is 347 g/mol. The van der Waals surface area contributed by atoms with Crippen molar-refractivity contribution in [1.29, 1.82) is 0 Å². The predicted molar refractivity (Wildman–Crippen MR) is 98.3 cm³/mol. The van der Waals surface area contributed by atoms with Gasteiger partial charge in [0, 0.05) is 12.4 Å². The largest absolute Gasteiger partial charge is 0.486 e. The van der Waals surface area contributed by atoms with Crippen molar-refractivity contribution in [3.63, 3.8) is 0 Å². The second-order valence-corrected chi connectivity index (χ2v) is 5.71. The first-order valence-electron chi connectivity index (χ1n) is 8.27. The molecule has 130 valence electrons. The first-order chi connectivity index (χ1) is 12.8. The van der Waals surface area contributed by atoms with Crippen LogP contribution in [0, 0.1) is 0 Å². The summed E-state index contributed by atoms with van der Waals surface area (Å²) in [5.74, 6) is 1.13. The van der Waals surface area contributed by atoms with Gasteiger partial charge in [-0.25, -0.2) is 5.43 Å². The highest BCUT2D eigenvalue weighted by Gasteiger charge is 2.12. The van der Waals surface area contributed by atoms with E-state index in [0.29, 0.717) is 24.5 Å². The fourth-order valence-electron chi connectivity index (χ4n) is 2.75. The van der Waals surface area contributed by atoms with Gasteiger partial charge in [-0.05, 0) is 48.0 Å². The maximum Gasteiger partial charge on any atom is 0.273 e. The highest BCUT2D eigenvalue weighted by atomic mass is 16.6. The van der Waals surface area contributed by atoms with Crippen molar-refractivity contribution >= 4 is 12.1 Å². The van der Waals surface area contributed by atoms with Gasteiger partial charge in [0.2, 0.25) is 0 Å². The highest BCUT2D eigenvalue weighted by Crippen LogP contribution is 2.30. The van der Waals surface area contributed by atoms with Crippen LogP contribution in [0.1, 0.15) is 15.9 Å². The highest BCUT2D eigenvalue weighted by molar-refractivity contribution is 5.98. The molecule has 0 fully saturated rings. The Kier molecular flexibility index (Phi) is 4.38. The maximum atomic E-state index is 12.5. The van der Waals surface area contributed by atoms with Gasteiger partial charge in [0.15, 0.2) is 11.5 Å². The Morgan fingerprint density at radius 2 is 1.77 bits per heavy atom. The average Bonchev–Trinajstić information content (AvgIpc) is 3.22. The third-order valence-electron chi connectivity index (χ3n) is 3.98. The molecule has 1 aliphatic rings. The SMILES string of the molecule is O=C(NN=Cc1ccc2c(c1)OCCO2)c1ccccc1-n1cccc1. The van der Waals surface area contributed by atoms with E-state index in [-0.39, 0.29) is 5.91 Å². The van der Waals surface area contributed by atoms with Gasteiger partial charge in [0.05, 0.1) is 17.5 Å². The number of aromatic nitrogens is 1. The third-order valence-corrected chi connectivity index (χ3v) is 3.98. The summed E-state index contributed by atoms with van der Waals surface area (Å²) in [6.07, 6.45) is 5.36. The summed E-state index contributed by atoms with van der Waals surface area (Å²) >= 11 is 0. The molecule has 4 rings (SSSR count). The summed E-state index contributed by atoms with van der Waals surface area (Å²) in [6.45, 7) is 1.08. The molecule has 3 aromatic rings. The zero-order chi connectivity index (χ0) is 17.8. The topological polar surface area (TPSA) is 64.8 Å². The number of hydrogen-bond acceptors (Lipinski definition) is 4. The summed E-state index contributed by atoms with van der Waals surface area (Å²) in [6, 6.07) is 16.7. The van der Waals surface area contributed by atoms with Crippen molar-refractivity contribution < 1.29 is 14.3 Å². The molecule has 26 heavy (non-hydrogen) atoms. The number of carbonyl (C=O) groups is 1. The Balaban J connectivity index is 1.49. The predicted octanol–water partition coefficient (Wildman–Crippen LogP) is 3.01. The molecule has 1 amide bonds. The molecule has 0 saturated heterocycles. The van der Waals surface area contributed by atoms with Gasteiger partial charge in [-0.1, -0.05) is 12.1 Å². The first kappa shape index (κ1) is 16.0. The Morgan fingerprint density at radius 1 is 1.00 bits per heavy atom. The lowest BCUT2D eigenvalue weighted by atomic mass is 10.1. The van der Waals surface area contributed by atoms with E-state index in [4.69, 9.17) is 9.47 Å². The summed E-state index contributed by atoms with van der Waals surface area (Å²) < 4.78 is 12.9. The first-order valence-corrected chi connectivity index (χ1v) is 8.27. The number of nitrogens with one attached hydrogen (secondary N) is 1. The Labute approximate surface area is 150 Å². The van der Waals surface area contributed by atoms with E-state index in [0.717, 1.165) is 17.0 Å². The summed E-state index contributed by atoms with van der Waals surface area (Å²) in [5, 5.41) is 4.06. The van der Waals surface area contributed by atoms with Crippen molar-refractivity contribution in [3.8, 4) is 17.2 Å². The number of hydrazone groups is 1. The van der Waals surface area contributed by atoms with Crippen LogP contribution in [0.15, 0.2) is 72.1 Å². The van der Waals surface area contributed by atoms with Crippen LogP contribution in [0.4, 0.5) is 0 Å². The van der Waals surface area contributed by atoms with E-state index in [1.807, 2.05) is 65.5 Å². The molecule has 6 nitrogen and oxygen atoms in total. The molecule has 0 saturated carbocycles. The minimum absolute atomic E-state index is 0.275. The zero-order valence-corrected chi connectivity index (χ0v) is 14.0. The number of amides is 1. The van der Waals surface area contributed by atoms with Crippen LogP contribution in [0.5, 0.6) is 11.5 Å². The second kappa shape index (κ2) is 7.14. The quantitative estimate of drug-likeness (QED) is 0.583. The molecular weight excluding hydrogens is 330 g/mol. The number of para-hydroxylation sites is 1. The summed E-state index contributed by atoms with van der Waals surface area (Å²) in [4.78, 5) is 12.5. The molecule has 0 spiro atoms. The van der Waals surface area contributed by atoms with Crippen molar-refractivity contribution in [1.82, 2.24) is 9.99 Å². The minimum Gasteiger partial charge on any atom is -0.486 e. The van der Waals surface area contributed by atoms with Crippen LogP contribution < -0.4 is 14.9 Å². The van der Waals surface area contributed by atoms with Crippen LogP contribution in [-0.4, -0.2) is 29.9 Å². The molecular formula is C20H17N3O3.